The van der Waals surface area contributed by atoms with E-state index in [-0.39, 0.29) is 45.9 Å². The maximum absolute atomic E-state index is 13.1. The molecular weight excluding hydrogens is 568 g/mol. The Bertz CT molecular complexity index is 1280. The van der Waals surface area contributed by atoms with Gasteiger partial charge in [0.1, 0.15) is 49.3 Å². The van der Waals surface area contributed by atoms with Crippen molar-refractivity contribution in [2.75, 3.05) is 26.4 Å². The van der Waals surface area contributed by atoms with Gasteiger partial charge >= 0.3 is 17.9 Å². The molecule has 0 heterocycles. The summed E-state index contributed by atoms with van der Waals surface area (Å²) in [4.78, 5) is 59.5. The van der Waals surface area contributed by atoms with E-state index in [0.29, 0.717) is 35.5 Å². The van der Waals surface area contributed by atoms with Crippen molar-refractivity contribution < 1.29 is 47.7 Å². The molecule has 0 N–H and O–H groups in total. The van der Waals surface area contributed by atoms with E-state index in [1.165, 1.54) is 6.92 Å². The third kappa shape index (κ3) is 11.7. The second-order valence-electron chi connectivity index (χ2n) is 10.2. The van der Waals surface area contributed by atoms with Crippen LogP contribution in [0.1, 0.15) is 58.9 Å². The van der Waals surface area contributed by atoms with Gasteiger partial charge in [-0.15, -0.1) is 0 Å². The highest BCUT2D eigenvalue weighted by Crippen LogP contribution is 2.22. The molecule has 0 aliphatic rings. The van der Waals surface area contributed by atoms with Crippen LogP contribution in [0, 0.1) is 5.41 Å². The van der Waals surface area contributed by atoms with Gasteiger partial charge in [-0.25, -0.2) is 0 Å². The summed E-state index contributed by atoms with van der Waals surface area (Å²) in [5.74, 6) is -0.627. The van der Waals surface area contributed by atoms with Gasteiger partial charge in [-0.1, -0.05) is 30.3 Å². The van der Waals surface area contributed by atoms with E-state index in [0.717, 1.165) is 18.1 Å². The number of ether oxygens (including phenoxy) is 5. The Labute approximate surface area is 256 Å². The topological polar surface area (TPSA) is 132 Å². The first-order valence-electron chi connectivity index (χ1n) is 14.2. The van der Waals surface area contributed by atoms with Gasteiger partial charge in [0, 0.05) is 24.0 Å². The van der Waals surface area contributed by atoms with E-state index in [1.807, 2.05) is 30.3 Å². The largest absolute Gasteiger partial charge is 0.494 e. The summed E-state index contributed by atoms with van der Waals surface area (Å²) >= 11 is 0. The predicted molar refractivity (Wildman–Crippen MR) is 159 cm³/mol. The summed E-state index contributed by atoms with van der Waals surface area (Å²) in [6.45, 7) is 1.32. The molecule has 10 nitrogen and oxygen atoms in total. The minimum absolute atomic E-state index is 0.00743. The second kappa shape index (κ2) is 17.8. The number of carbonyl (C=O) groups is 5. The van der Waals surface area contributed by atoms with Crippen molar-refractivity contribution in [3.63, 3.8) is 0 Å². The Morgan fingerprint density at radius 2 is 1.09 bits per heavy atom. The molecule has 0 radical (unpaired) electrons. The van der Waals surface area contributed by atoms with Crippen molar-refractivity contribution in [2.24, 2.45) is 5.41 Å². The van der Waals surface area contributed by atoms with Gasteiger partial charge in [0.25, 0.3) is 0 Å². The standard InChI is InChI=1S/C34H36O10/c1-34(33(39)42-23-28-7-3-2-4-8-28,24-43-31(37)9-5-19-40-29-15-11-26(21-35)12-16-29)25-44-32(38)10-6-20-41-30-17-13-27(22-36)14-18-30/h2-4,7-8,11-18,21-22H,5-6,9-10,19-20,23-25H2,1H3. The Kier molecular flexibility index (Phi) is 13.6. The number of carbonyl (C=O) groups excluding carboxylic acids is 5. The van der Waals surface area contributed by atoms with Crippen molar-refractivity contribution in [1.82, 2.24) is 0 Å². The van der Waals surface area contributed by atoms with Crippen LogP contribution in [-0.2, 0) is 35.2 Å². The molecule has 0 aliphatic carbocycles. The molecule has 3 rings (SSSR count). The molecule has 0 spiro atoms. The van der Waals surface area contributed by atoms with Crippen molar-refractivity contribution in [1.29, 1.82) is 0 Å². The highest BCUT2D eigenvalue weighted by Gasteiger charge is 2.38. The van der Waals surface area contributed by atoms with Gasteiger partial charge in [-0.2, -0.15) is 0 Å². The van der Waals surface area contributed by atoms with Crippen molar-refractivity contribution in [2.45, 2.75) is 39.2 Å². The predicted octanol–water partition coefficient (Wildman–Crippen LogP) is 5.17. The van der Waals surface area contributed by atoms with Gasteiger partial charge in [-0.05, 0) is 73.9 Å². The average Bonchev–Trinajstić information content (AvgIpc) is 3.06. The highest BCUT2D eigenvalue weighted by atomic mass is 16.6. The fraction of sp³-hybridized carbons (Fsp3) is 0.324. The molecule has 0 aromatic heterocycles. The lowest BCUT2D eigenvalue weighted by molar-refractivity contribution is -0.171. The van der Waals surface area contributed by atoms with Crippen molar-refractivity contribution in [3.05, 3.63) is 95.6 Å². The fourth-order valence-electron chi connectivity index (χ4n) is 3.78. The molecule has 0 saturated carbocycles. The Morgan fingerprint density at radius 3 is 1.52 bits per heavy atom. The van der Waals surface area contributed by atoms with Gasteiger partial charge in [0.2, 0.25) is 0 Å². The maximum Gasteiger partial charge on any atom is 0.319 e. The van der Waals surface area contributed by atoms with Crippen LogP contribution in [0.4, 0.5) is 0 Å². The number of esters is 3. The summed E-state index contributed by atoms with van der Waals surface area (Å²) in [7, 11) is 0. The molecule has 3 aromatic rings. The molecule has 0 saturated heterocycles. The normalized spacial score (nSPS) is 10.8. The fourth-order valence-corrected chi connectivity index (χ4v) is 3.78. The third-order valence-electron chi connectivity index (χ3n) is 6.43. The van der Waals surface area contributed by atoms with Gasteiger partial charge in [-0.3, -0.25) is 24.0 Å². The number of benzene rings is 3. The molecule has 232 valence electrons. The quantitative estimate of drug-likeness (QED) is 0.0782. The van der Waals surface area contributed by atoms with Crippen LogP contribution in [0.15, 0.2) is 78.9 Å². The summed E-state index contributed by atoms with van der Waals surface area (Å²) in [6.07, 6.45) is 2.28. The number of hydrogen-bond donors (Lipinski definition) is 0. The summed E-state index contributed by atoms with van der Waals surface area (Å²) < 4.78 is 27.4. The van der Waals surface area contributed by atoms with Crippen LogP contribution < -0.4 is 9.47 Å². The molecule has 10 heteroatoms. The van der Waals surface area contributed by atoms with E-state index in [1.54, 1.807) is 48.5 Å². The van der Waals surface area contributed by atoms with Crippen molar-refractivity contribution in [3.8, 4) is 11.5 Å². The van der Waals surface area contributed by atoms with E-state index >= 15 is 0 Å². The lowest BCUT2D eigenvalue weighted by Crippen LogP contribution is -2.40. The van der Waals surface area contributed by atoms with Crippen LogP contribution in [-0.4, -0.2) is 56.9 Å². The first kappa shape index (κ1) is 33.5. The SMILES string of the molecule is CC(COC(=O)CCCOc1ccc(C=O)cc1)(COC(=O)CCCOc1ccc(C=O)cc1)C(=O)OCc1ccccc1. The van der Waals surface area contributed by atoms with Gasteiger partial charge < -0.3 is 23.7 Å². The first-order valence-corrected chi connectivity index (χ1v) is 14.2. The maximum atomic E-state index is 13.1. The molecule has 44 heavy (non-hydrogen) atoms. The summed E-state index contributed by atoms with van der Waals surface area (Å²) in [5, 5.41) is 0. The van der Waals surface area contributed by atoms with Gasteiger partial charge in [0.15, 0.2) is 0 Å². The Balaban J connectivity index is 1.46. The first-order chi connectivity index (χ1) is 21.3. The van der Waals surface area contributed by atoms with Crippen LogP contribution in [0.5, 0.6) is 11.5 Å². The van der Waals surface area contributed by atoms with Crippen LogP contribution >= 0.6 is 0 Å². The Hall–Kier alpha value is -4.99. The molecule has 0 aliphatic heterocycles. The van der Waals surface area contributed by atoms with Crippen LogP contribution in [0.3, 0.4) is 0 Å². The Morgan fingerprint density at radius 1 is 0.636 bits per heavy atom. The lowest BCUT2D eigenvalue weighted by atomic mass is 9.93. The second-order valence-corrected chi connectivity index (χ2v) is 10.2. The molecular formula is C34H36O10. The van der Waals surface area contributed by atoms with E-state index in [4.69, 9.17) is 23.7 Å². The minimum atomic E-state index is -1.44. The average molecular weight is 605 g/mol. The van der Waals surface area contributed by atoms with Crippen molar-refractivity contribution >= 4 is 30.5 Å². The van der Waals surface area contributed by atoms with Gasteiger partial charge in [0.05, 0.1) is 13.2 Å². The summed E-state index contributed by atoms with van der Waals surface area (Å²) in [6, 6.07) is 22.3. The van der Waals surface area contributed by atoms with E-state index in [9.17, 15) is 24.0 Å². The minimum Gasteiger partial charge on any atom is -0.494 e. The monoisotopic (exact) mass is 604 g/mol. The third-order valence-corrected chi connectivity index (χ3v) is 6.43. The lowest BCUT2D eigenvalue weighted by Gasteiger charge is -2.26. The molecule has 0 bridgehead atoms. The van der Waals surface area contributed by atoms with Crippen LogP contribution in [0.25, 0.3) is 0 Å². The molecule has 0 atom stereocenters. The van der Waals surface area contributed by atoms with Crippen LogP contribution in [0.2, 0.25) is 0 Å². The zero-order valence-corrected chi connectivity index (χ0v) is 24.6. The number of aldehydes is 2. The molecule has 0 fully saturated rings. The summed E-state index contributed by atoms with van der Waals surface area (Å²) in [5.41, 5.74) is 0.404. The van der Waals surface area contributed by atoms with E-state index < -0.39 is 23.3 Å². The highest BCUT2D eigenvalue weighted by molar-refractivity contribution is 5.78. The zero-order chi connectivity index (χ0) is 31.6. The number of hydrogen-bond acceptors (Lipinski definition) is 10. The smallest absolute Gasteiger partial charge is 0.319 e. The number of rotatable bonds is 19. The molecule has 3 aromatic carbocycles. The zero-order valence-electron chi connectivity index (χ0n) is 24.6. The molecule has 0 amide bonds. The van der Waals surface area contributed by atoms with E-state index in [2.05, 4.69) is 0 Å². The molecule has 0 unspecified atom stereocenters.